The van der Waals surface area contributed by atoms with Crippen molar-refractivity contribution >= 4 is 11.7 Å². The molecule has 1 saturated heterocycles. The largest absolute Gasteiger partial charge is 0.365 e. The molecule has 3 N–H and O–H groups in total. The highest BCUT2D eigenvalue weighted by Crippen LogP contribution is 2.22. The maximum absolute atomic E-state index is 11.5. The highest BCUT2D eigenvalue weighted by molar-refractivity contribution is 5.97. The smallest absolute Gasteiger partial charge is 0.252 e. The van der Waals surface area contributed by atoms with Crippen molar-refractivity contribution < 1.29 is 4.79 Å². The molecular weight excluding hydrogens is 228 g/mol. The van der Waals surface area contributed by atoms with Crippen molar-refractivity contribution in [2.45, 2.75) is 25.8 Å². The minimum atomic E-state index is -0.412. The zero-order valence-electron chi connectivity index (χ0n) is 10.7. The summed E-state index contributed by atoms with van der Waals surface area (Å²) in [5, 5.41) is 3.34. The lowest BCUT2D eigenvalue weighted by atomic mass is 10.1. The first-order valence-corrected chi connectivity index (χ1v) is 6.46. The van der Waals surface area contributed by atoms with Gasteiger partial charge in [-0.05, 0) is 31.5 Å². The van der Waals surface area contributed by atoms with Gasteiger partial charge in [0.25, 0.3) is 5.91 Å². The van der Waals surface area contributed by atoms with E-state index in [1.807, 2.05) is 0 Å². The summed E-state index contributed by atoms with van der Waals surface area (Å²) in [5.74, 6) is 0.311. The molecule has 2 heterocycles. The van der Waals surface area contributed by atoms with E-state index in [9.17, 15) is 4.79 Å². The van der Waals surface area contributed by atoms with Crippen molar-refractivity contribution in [3.05, 3.63) is 23.9 Å². The van der Waals surface area contributed by atoms with E-state index in [1.165, 1.54) is 0 Å². The molecular formula is C13H20N4O. The van der Waals surface area contributed by atoms with Gasteiger partial charge in [-0.15, -0.1) is 0 Å². The molecule has 0 aromatic carbocycles. The summed E-state index contributed by atoms with van der Waals surface area (Å²) < 4.78 is 0. The summed E-state index contributed by atoms with van der Waals surface area (Å²) in [7, 11) is 0. The summed E-state index contributed by atoms with van der Waals surface area (Å²) in [6, 6.07) is 3.90. The van der Waals surface area contributed by atoms with Crippen LogP contribution in [0.2, 0.25) is 0 Å². The lowest BCUT2D eigenvalue weighted by Crippen LogP contribution is -2.39. The second-order valence-corrected chi connectivity index (χ2v) is 4.58. The molecule has 1 aliphatic heterocycles. The van der Waals surface area contributed by atoms with Crippen LogP contribution in [-0.2, 0) is 0 Å². The average molecular weight is 248 g/mol. The summed E-state index contributed by atoms with van der Waals surface area (Å²) >= 11 is 0. The van der Waals surface area contributed by atoms with E-state index in [0.29, 0.717) is 11.6 Å². The fraction of sp³-hybridized carbons (Fsp3) is 0.538. The van der Waals surface area contributed by atoms with Gasteiger partial charge in [-0.25, -0.2) is 4.98 Å². The molecule has 1 aromatic heterocycles. The Hall–Kier alpha value is -1.62. The summed E-state index contributed by atoms with van der Waals surface area (Å²) in [5.41, 5.74) is 5.94. The van der Waals surface area contributed by atoms with Gasteiger partial charge < -0.3 is 16.0 Å². The topological polar surface area (TPSA) is 71.2 Å². The van der Waals surface area contributed by atoms with Crippen LogP contribution < -0.4 is 16.0 Å². The van der Waals surface area contributed by atoms with Crippen molar-refractivity contribution in [2.24, 2.45) is 5.73 Å². The van der Waals surface area contributed by atoms with E-state index >= 15 is 0 Å². The number of carbonyl (C=O) groups is 1. The van der Waals surface area contributed by atoms with Crippen molar-refractivity contribution in [1.82, 2.24) is 10.3 Å². The van der Waals surface area contributed by atoms with Crippen LogP contribution in [0.15, 0.2) is 18.3 Å². The Labute approximate surface area is 107 Å². The molecule has 1 atom stereocenters. The first-order valence-electron chi connectivity index (χ1n) is 6.46. The number of hydrogen-bond acceptors (Lipinski definition) is 4. The molecule has 1 aromatic rings. The molecule has 1 unspecified atom stereocenters. The van der Waals surface area contributed by atoms with Gasteiger partial charge in [0, 0.05) is 25.3 Å². The molecule has 1 fully saturated rings. The molecule has 1 aliphatic rings. The van der Waals surface area contributed by atoms with Gasteiger partial charge in [-0.3, -0.25) is 4.79 Å². The molecule has 0 spiro atoms. The van der Waals surface area contributed by atoms with Gasteiger partial charge in [0.15, 0.2) is 0 Å². The van der Waals surface area contributed by atoms with Crippen LogP contribution in [0.25, 0.3) is 0 Å². The van der Waals surface area contributed by atoms with Crippen molar-refractivity contribution in [2.75, 3.05) is 24.5 Å². The lowest BCUT2D eigenvalue weighted by molar-refractivity contribution is 0.100. The fourth-order valence-corrected chi connectivity index (χ4v) is 2.43. The molecule has 98 valence electrons. The number of pyridine rings is 1. The van der Waals surface area contributed by atoms with Gasteiger partial charge in [-0.1, -0.05) is 6.92 Å². The third kappa shape index (κ3) is 2.61. The maximum Gasteiger partial charge on any atom is 0.252 e. The quantitative estimate of drug-likeness (QED) is 0.807. The van der Waals surface area contributed by atoms with E-state index < -0.39 is 5.91 Å². The summed E-state index contributed by atoms with van der Waals surface area (Å²) in [4.78, 5) is 18.1. The van der Waals surface area contributed by atoms with Crippen LogP contribution in [-0.4, -0.2) is 36.6 Å². The van der Waals surface area contributed by atoms with Crippen molar-refractivity contribution in [3.8, 4) is 0 Å². The van der Waals surface area contributed by atoms with Crippen LogP contribution in [0.1, 0.15) is 30.1 Å². The second kappa shape index (κ2) is 5.82. The highest BCUT2D eigenvalue weighted by Gasteiger charge is 2.25. The molecule has 18 heavy (non-hydrogen) atoms. The van der Waals surface area contributed by atoms with Crippen LogP contribution in [0, 0.1) is 0 Å². The fourth-order valence-electron chi connectivity index (χ4n) is 2.43. The molecule has 0 aliphatic carbocycles. The Kier molecular flexibility index (Phi) is 4.15. The molecule has 0 radical (unpaired) electrons. The summed E-state index contributed by atoms with van der Waals surface area (Å²) in [6.45, 7) is 4.98. The van der Waals surface area contributed by atoms with Gasteiger partial charge in [-0.2, -0.15) is 0 Å². The number of nitrogens with zero attached hydrogens (tertiary/aromatic N) is 2. The zero-order chi connectivity index (χ0) is 13.0. The average Bonchev–Trinajstić information content (AvgIpc) is 2.89. The number of nitrogens with one attached hydrogen (secondary N) is 1. The number of nitrogens with two attached hydrogens (primary N) is 1. The minimum Gasteiger partial charge on any atom is -0.365 e. The Bertz CT molecular complexity index is 415. The highest BCUT2D eigenvalue weighted by atomic mass is 16.1. The van der Waals surface area contributed by atoms with E-state index in [1.54, 1.807) is 18.3 Å². The van der Waals surface area contributed by atoms with Gasteiger partial charge in [0.2, 0.25) is 0 Å². The number of carbonyl (C=O) groups excluding carboxylic acids is 1. The Morgan fingerprint density at radius 2 is 2.50 bits per heavy atom. The van der Waals surface area contributed by atoms with Crippen molar-refractivity contribution in [3.63, 3.8) is 0 Å². The van der Waals surface area contributed by atoms with E-state index in [0.717, 1.165) is 38.3 Å². The van der Waals surface area contributed by atoms with Crippen LogP contribution in [0.5, 0.6) is 0 Å². The van der Waals surface area contributed by atoms with Crippen LogP contribution in [0.3, 0.4) is 0 Å². The third-order valence-electron chi connectivity index (χ3n) is 3.26. The van der Waals surface area contributed by atoms with Gasteiger partial charge >= 0.3 is 0 Å². The Morgan fingerprint density at radius 1 is 1.67 bits per heavy atom. The van der Waals surface area contributed by atoms with E-state index in [-0.39, 0.29) is 0 Å². The molecule has 5 nitrogen and oxygen atoms in total. The molecule has 1 amide bonds. The van der Waals surface area contributed by atoms with Crippen LogP contribution in [0.4, 0.5) is 5.82 Å². The van der Waals surface area contributed by atoms with Gasteiger partial charge in [0.1, 0.15) is 5.82 Å². The Balaban J connectivity index is 2.32. The minimum absolute atomic E-state index is 0.401. The normalized spacial score (nSPS) is 18.8. The zero-order valence-corrected chi connectivity index (χ0v) is 10.7. The standard InChI is InChI=1S/C13H20N4O/c1-2-8-17(10-5-7-15-9-10)13-11(12(14)18)4-3-6-16-13/h3-4,6,10,15H,2,5,7-9H2,1H3,(H2,14,18). The SMILES string of the molecule is CCCN(c1ncccc1C(N)=O)C1CCNC1. The molecule has 2 rings (SSSR count). The maximum atomic E-state index is 11.5. The Morgan fingerprint density at radius 3 is 3.11 bits per heavy atom. The van der Waals surface area contributed by atoms with Gasteiger partial charge in [0.05, 0.1) is 5.56 Å². The monoisotopic (exact) mass is 248 g/mol. The second-order valence-electron chi connectivity index (χ2n) is 4.58. The number of primary amides is 1. The van der Waals surface area contributed by atoms with E-state index in [2.05, 4.69) is 22.1 Å². The first-order chi connectivity index (χ1) is 8.74. The number of anilines is 1. The molecule has 0 saturated carbocycles. The predicted octanol–water partition coefficient (Wildman–Crippen LogP) is 0.759. The molecule has 0 bridgehead atoms. The number of aromatic nitrogens is 1. The predicted molar refractivity (Wildman–Crippen MR) is 71.7 cm³/mol. The first kappa shape index (κ1) is 12.8. The summed E-state index contributed by atoms with van der Waals surface area (Å²) in [6.07, 6.45) is 3.81. The number of amides is 1. The van der Waals surface area contributed by atoms with Crippen molar-refractivity contribution in [1.29, 1.82) is 0 Å². The number of hydrogen-bond donors (Lipinski definition) is 2. The lowest BCUT2D eigenvalue weighted by Gasteiger charge is -2.30. The number of rotatable bonds is 5. The third-order valence-corrected chi connectivity index (χ3v) is 3.26. The van der Waals surface area contributed by atoms with Crippen LogP contribution >= 0.6 is 0 Å². The van der Waals surface area contributed by atoms with E-state index in [4.69, 9.17) is 5.73 Å². The molecule has 5 heteroatoms.